The van der Waals surface area contributed by atoms with Crippen molar-refractivity contribution in [1.29, 1.82) is 0 Å². The van der Waals surface area contributed by atoms with E-state index in [-0.39, 0.29) is 11.7 Å². The lowest BCUT2D eigenvalue weighted by atomic mass is 10.3. The highest BCUT2D eigenvalue weighted by molar-refractivity contribution is 8.00. The molecule has 0 fully saturated rings. The number of hydrogen-bond donors (Lipinski definition) is 1. The molecule has 0 aliphatic heterocycles. The molecule has 4 heteroatoms. The Hall–Kier alpha value is -0.220. The molecule has 0 aliphatic rings. The lowest BCUT2D eigenvalue weighted by Crippen LogP contribution is -2.11. The van der Waals surface area contributed by atoms with Crippen LogP contribution in [0.4, 0.5) is 0 Å². The molecule has 0 aliphatic carbocycles. The number of carboxylic acid groups (broad SMARTS) is 1. The molecule has 1 N–H and O–H groups in total. The van der Waals surface area contributed by atoms with Gasteiger partial charge in [-0.1, -0.05) is 13.8 Å². The van der Waals surface area contributed by atoms with Crippen molar-refractivity contribution in [1.82, 2.24) is 0 Å². The van der Waals surface area contributed by atoms with Gasteiger partial charge in [0.25, 0.3) is 0 Å². The summed E-state index contributed by atoms with van der Waals surface area (Å²) in [5.41, 5.74) is 0. The molecular formula is C9H18O3S. The SMILES string of the molecule is COCCC(C)SC(C)CC(=O)O. The average molecular weight is 206 g/mol. The van der Waals surface area contributed by atoms with E-state index < -0.39 is 5.97 Å². The van der Waals surface area contributed by atoms with E-state index in [1.54, 1.807) is 18.9 Å². The Kier molecular flexibility index (Phi) is 7.09. The molecule has 0 aromatic heterocycles. The van der Waals surface area contributed by atoms with Gasteiger partial charge in [0, 0.05) is 24.2 Å². The van der Waals surface area contributed by atoms with E-state index >= 15 is 0 Å². The van der Waals surface area contributed by atoms with E-state index in [9.17, 15) is 4.79 Å². The van der Waals surface area contributed by atoms with Crippen molar-refractivity contribution in [2.45, 2.75) is 37.2 Å². The van der Waals surface area contributed by atoms with Crippen molar-refractivity contribution in [2.75, 3.05) is 13.7 Å². The van der Waals surface area contributed by atoms with Gasteiger partial charge >= 0.3 is 5.97 Å². The molecule has 0 heterocycles. The largest absolute Gasteiger partial charge is 0.481 e. The fourth-order valence-electron chi connectivity index (χ4n) is 1.04. The highest BCUT2D eigenvalue weighted by atomic mass is 32.2. The summed E-state index contributed by atoms with van der Waals surface area (Å²) in [5, 5.41) is 9.19. The second-order valence-electron chi connectivity index (χ2n) is 3.14. The lowest BCUT2D eigenvalue weighted by Gasteiger charge is -2.14. The van der Waals surface area contributed by atoms with E-state index in [1.807, 2.05) is 6.92 Å². The van der Waals surface area contributed by atoms with Gasteiger partial charge in [0.15, 0.2) is 0 Å². The number of ether oxygens (including phenoxy) is 1. The van der Waals surface area contributed by atoms with Gasteiger partial charge in [0.1, 0.15) is 0 Å². The molecule has 0 aromatic carbocycles. The number of rotatable bonds is 7. The van der Waals surface area contributed by atoms with Crippen LogP contribution in [0.25, 0.3) is 0 Å². The summed E-state index contributed by atoms with van der Waals surface area (Å²) in [7, 11) is 1.68. The van der Waals surface area contributed by atoms with Crippen LogP contribution in [0.1, 0.15) is 26.7 Å². The van der Waals surface area contributed by atoms with Crippen molar-refractivity contribution in [3.63, 3.8) is 0 Å². The first kappa shape index (κ1) is 12.8. The molecule has 0 radical (unpaired) electrons. The predicted octanol–water partition coefficient (Wildman–Crippen LogP) is 2.01. The summed E-state index contributed by atoms with van der Waals surface area (Å²) in [6, 6.07) is 0. The Balaban J connectivity index is 3.52. The number of thioether (sulfide) groups is 1. The molecule has 2 atom stereocenters. The van der Waals surface area contributed by atoms with Crippen LogP contribution in [0.2, 0.25) is 0 Å². The van der Waals surface area contributed by atoms with Gasteiger partial charge in [-0.05, 0) is 6.42 Å². The van der Waals surface area contributed by atoms with Crippen molar-refractivity contribution < 1.29 is 14.6 Å². The second kappa shape index (κ2) is 7.21. The second-order valence-corrected chi connectivity index (χ2v) is 5.02. The Labute approximate surface area is 83.9 Å². The molecule has 0 rings (SSSR count). The van der Waals surface area contributed by atoms with Gasteiger partial charge in [-0.25, -0.2) is 0 Å². The third-order valence-corrected chi connectivity index (χ3v) is 2.99. The average Bonchev–Trinajstić information content (AvgIpc) is 1.98. The Morgan fingerprint density at radius 3 is 2.54 bits per heavy atom. The van der Waals surface area contributed by atoms with Gasteiger partial charge in [0.2, 0.25) is 0 Å². The monoisotopic (exact) mass is 206 g/mol. The highest BCUT2D eigenvalue weighted by Gasteiger charge is 2.11. The van der Waals surface area contributed by atoms with Gasteiger partial charge in [-0.2, -0.15) is 11.8 Å². The fraction of sp³-hybridized carbons (Fsp3) is 0.889. The maximum Gasteiger partial charge on any atom is 0.304 e. The smallest absolute Gasteiger partial charge is 0.304 e. The lowest BCUT2D eigenvalue weighted by molar-refractivity contribution is -0.136. The summed E-state index contributed by atoms with van der Waals surface area (Å²) in [6.07, 6.45) is 1.22. The Morgan fingerprint density at radius 1 is 1.46 bits per heavy atom. The number of methoxy groups -OCH3 is 1. The van der Waals surface area contributed by atoms with E-state index in [0.717, 1.165) is 13.0 Å². The first-order valence-electron chi connectivity index (χ1n) is 4.42. The van der Waals surface area contributed by atoms with Crippen LogP contribution in [-0.4, -0.2) is 35.3 Å². The quantitative estimate of drug-likeness (QED) is 0.692. The van der Waals surface area contributed by atoms with Crippen LogP contribution in [0.3, 0.4) is 0 Å². The van der Waals surface area contributed by atoms with Crippen LogP contribution in [-0.2, 0) is 9.53 Å². The molecule has 78 valence electrons. The van der Waals surface area contributed by atoms with Crippen molar-refractivity contribution >= 4 is 17.7 Å². The highest BCUT2D eigenvalue weighted by Crippen LogP contribution is 2.22. The summed E-state index contributed by atoms with van der Waals surface area (Å²) in [5.74, 6) is -0.723. The Morgan fingerprint density at radius 2 is 2.08 bits per heavy atom. The number of carbonyl (C=O) groups is 1. The van der Waals surface area contributed by atoms with E-state index in [2.05, 4.69) is 6.92 Å². The summed E-state index contributed by atoms with van der Waals surface area (Å²) in [6.45, 7) is 4.79. The van der Waals surface area contributed by atoms with Crippen LogP contribution >= 0.6 is 11.8 Å². The molecule has 0 saturated carbocycles. The number of hydrogen-bond acceptors (Lipinski definition) is 3. The third kappa shape index (κ3) is 8.12. The molecule has 2 unspecified atom stereocenters. The summed E-state index contributed by atoms with van der Waals surface area (Å²) < 4.78 is 4.95. The minimum atomic E-state index is -0.723. The zero-order chi connectivity index (χ0) is 10.3. The maximum absolute atomic E-state index is 10.4. The molecule has 0 amide bonds. The molecule has 13 heavy (non-hydrogen) atoms. The molecule has 0 aromatic rings. The number of carboxylic acids is 1. The minimum Gasteiger partial charge on any atom is -0.481 e. The number of aliphatic carboxylic acids is 1. The zero-order valence-electron chi connectivity index (χ0n) is 8.45. The summed E-state index contributed by atoms with van der Waals surface area (Å²) in [4.78, 5) is 10.4. The maximum atomic E-state index is 10.4. The first-order valence-corrected chi connectivity index (χ1v) is 5.36. The van der Waals surface area contributed by atoms with E-state index in [4.69, 9.17) is 9.84 Å². The van der Waals surface area contributed by atoms with Crippen molar-refractivity contribution in [3.8, 4) is 0 Å². The van der Waals surface area contributed by atoms with Crippen LogP contribution in [0.15, 0.2) is 0 Å². The minimum absolute atomic E-state index is 0.185. The van der Waals surface area contributed by atoms with Gasteiger partial charge in [-0.15, -0.1) is 0 Å². The molecular weight excluding hydrogens is 188 g/mol. The van der Waals surface area contributed by atoms with E-state index in [0.29, 0.717) is 5.25 Å². The zero-order valence-corrected chi connectivity index (χ0v) is 9.26. The first-order chi connectivity index (χ1) is 6.06. The molecule has 0 spiro atoms. The molecule has 0 saturated heterocycles. The van der Waals surface area contributed by atoms with E-state index in [1.165, 1.54) is 0 Å². The van der Waals surface area contributed by atoms with Crippen LogP contribution in [0, 0.1) is 0 Å². The normalized spacial score (nSPS) is 15.3. The van der Waals surface area contributed by atoms with Crippen LogP contribution in [0.5, 0.6) is 0 Å². The molecule has 0 bridgehead atoms. The van der Waals surface area contributed by atoms with Gasteiger partial charge in [-0.3, -0.25) is 4.79 Å². The Bertz CT molecular complexity index is 150. The topological polar surface area (TPSA) is 46.5 Å². The van der Waals surface area contributed by atoms with Crippen LogP contribution < -0.4 is 0 Å². The standard InChI is InChI=1S/C9H18O3S/c1-7(4-5-12-3)13-8(2)6-9(10)11/h7-8H,4-6H2,1-3H3,(H,10,11). The van der Waals surface area contributed by atoms with Crippen molar-refractivity contribution in [3.05, 3.63) is 0 Å². The molecule has 3 nitrogen and oxygen atoms in total. The van der Waals surface area contributed by atoms with Gasteiger partial charge < -0.3 is 9.84 Å². The third-order valence-electron chi connectivity index (χ3n) is 1.66. The fourth-order valence-corrected chi connectivity index (χ4v) is 2.31. The van der Waals surface area contributed by atoms with Crippen molar-refractivity contribution in [2.24, 2.45) is 0 Å². The van der Waals surface area contributed by atoms with Gasteiger partial charge in [0.05, 0.1) is 6.42 Å². The predicted molar refractivity (Wildman–Crippen MR) is 55.3 cm³/mol. The summed E-state index contributed by atoms with van der Waals surface area (Å²) >= 11 is 1.71.